The molecule has 0 aromatic carbocycles. The van der Waals surface area contributed by atoms with Crippen molar-refractivity contribution in [1.82, 2.24) is 9.80 Å². The van der Waals surface area contributed by atoms with Crippen LogP contribution in [0, 0.1) is 11.8 Å². The van der Waals surface area contributed by atoms with Crippen LogP contribution < -0.4 is 0 Å². The van der Waals surface area contributed by atoms with Crippen LogP contribution in [0.2, 0.25) is 0 Å². The second-order valence-corrected chi connectivity index (χ2v) is 6.08. The predicted octanol–water partition coefficient (Wildman–Crippen LogP) is 0.778. The van der Waals surface area contributed by atoms with Crippen molar-refractivity contribution in [2.75, 3.05) is 54.5 Å². The van der Waals surface area contributed by atoms with Crippen LogP contribution in [0.15, 0.2) is 12.2 Å². The summed E-state index contributed by atoms with van der Waals surface area (Å²) in [4.78, 5) is 28.2. The van der Waals surface area contributed by atoms with E-state index in [0.717, 1.165) is 6.42 Å². The van der Waals surface area contributed by atoms with Gasteiger partial charge in [-0.25, -0.2) is 0 Å². The molecule has 1 aliphatic carbocycles. The second kappa shape index (κ2) is 9.58. The highest BCUT2D eigenvalue weighted by Gasteiger charge is 2.35. The summed E-state index contributed by atoms with van der Waals surface area (Å²) >= 11 is 0. The Labute approximate surface area is 133 Å². The van der Waals surface area contributed by atoms with Gasteiger partial charge >= 0.3 is 11.9 Å². The lowest BCUT2D eigenvalue weighted by Crippen LogP contribution is -2.34. The monoisotopic (exact) mass is 312 g/mol. The van der Waals surface area contributed by atoms with E-state index in [2.05, 4.69) is 0 Å². The molecule has 0 saturated heterocycles. The summed E-state index contributed by atoms with van der Waals surface area (Å²) in [6.07, 6.45) is 5.13. The molecule has 1 rings (SSSR count). The van der Waals surface area contributed by atoms with Gasteiger partial charge in [0.25, 0.3) is 0 Å². The van der Waals surface area contributed by atoms with E-state index in [1.54, 1.807) is 6.08 Å². The maximum absolute atomic E-state index is 12.2. The first kappa shape index (κ1) is 18.6. The molecule has 0 spiro atoms. The zero-order valence-corrected chi connectivity index (χ0v) is 14.1. The van der Waals surface area contributed by atoms with Gasteiger partial charge in [-0.15, -0.1) is 0 Å². The molecule has 22 heavy (non-hydrogen) atoms. The van der Waals surface area contributed by atoms with Crippen LogP contribution in [0.5, 0.6) is 0 Å². The van der Waals surface area contributed by atoms with Gasteiger partial charge in [0, 0.05) is 13.1 Å². The topological polar surface area (TPSA) is 59.1 Å². The molecule has 126 valence electrons. The quantitative estimate of drug-likeness (QED) is 0.488. The molecule has 1 aliphatic rings. The minimum atomic E-state index is -0.525. The van der Waals surface area contributed by atoms with Gasteiger partial charge < -0.3 is 19.3 Å². The van der Waals surface area contributed by atoms with Crippen molar-refractivity contribution >= 4 is 11.9 Å². The zero-order valence-electron chi connectivity index (χ0n) is 14.1. The fourth-order valence-electron chi connectivity index (χ4n) is 2.20. The molecule has 0 heterocycles. The summed E-state index contributed by atoms with van der Waals surface area (Å²) in [7, 11) is 7.67. The number of hydrogen-bond donors (Lipinski definition) is 0. The van der Waals surface area contributed by atoms with E-state index in [-0.39, 0.29) is 11.9 Å². The Hall–Kier alpha value is -1.40. The van der Waals surface area contributed by atoms with Crippen LogP contribution in [-0.2, 0) is 19.1 Å². The second-order valence-electron chi connectivity index (χ2n) is 6.08. The number of ether oxygens (including phenoxy) is 2. The van der Waals surface area contributed by atoms with E-state index >= 15 is 0 Å². The van der Waals surface area contributed by atoms with E-state index in [1.165, 1.54) is 0 Å². The Bertz CT molecular complexity index is 394. The Morgan fingerprint density at radius 3 is 2.09 bits per heavy atom. The summed E-state index contributed by atoms with van der Waals surface area (Å²) in [6.45, 7) is 2.01. The van der Waals surface area contributed by atoms with Gasteiger partial charge in [0.1, 0.15) is 13.2 Å². The summed E-state index contributed by atoms with van der Waals surface area (Å²) in [5.41, 5.74) is 0. The summed E-state index contributed by atoms with van der Waals surface area (Å²) in [5.74, 6) is -1.60. The Morgan fingerprint density at radius 2 is 1.55 bits per heavy atom. The third kappa shape index (κ3) is 6.58. The fourth-order valence-corrected chi connectivity index (χ4v) is 2.20. The summed E-state index contributed by atoms with van der Waals surface area (Å²) < 4.78 is 10.6. The van der Waals surface area contributed by atoms with Crippen LogP contribution in [0.1, 0.15) is 12.8 Å². The molecular formula is C16H28N2O4. The largest absolute Gasteiger partial charge is 0.464 e. The molecule has 0 bridgehead atoms. The number of hydrogen-bond acceptors (Lipinski definition) is 6. The standard InChI is InChI=1S/C16H28N2O4/c1-17(2)9-11-21-15(19)13-7-5-6-8-14(13)16(20)22-12-10-18(3)4/h5,7,13-14H,6,8-12H2,1-4H3. The van der Waals surface area contributed by atoms with Gasteiger partial charge in [0.05, 0.1) is 11.8 Å². The number of esters is 2. The molecule has 6 nitrogen and oxygen atoms in total. The van der Waals surface area contributed by atoms with E-state index in [1.807, 2.05) is 44.1 Å². The molecular weight excluding hydrogens is 284 g/mol. The van der Waals surface area contributed by atoms with Crippen molar-refractivity contribution in [1.29, 1.82) is 0 Å². The van der Waals surface area contributed by atoms with E-state index in [4.69, 9.17) is 9.47 Å². The number of nitrogens with zero attached hydrogens (tertiary/aromatic N) is 2. The number of rotatable bonds is 8. The molecule has 0 radical (unpaired) electrons. The maximum Gasteiger partial charge on any atom is 0.313 e. The van der Waals surface area contributed by atoms with Crippen molar-refractivity contribution in [3.05, 3.63) is 12.2 Å². The molecule has 2 unspecified atom stereocenters. The molecule has 0 saturated carbocycles. The van der Waals surface area contributed by atoms with Gasteiger partial charge in [0.2, 0.25) is 0 Å². The first-order valence-electron chi connectivity index (χ1n) is 7.71. The SMILES string of the molecule is CN(C)CCOC(=O)C1C=CCCC1C(=O)OCCN(C)C. The van der Waals surface area contributed by atoms with Gasteiger partial charge in [-0.3, -0.25) is 9.59 Å². The fraction of sp³-hybridized carbons (Fsp3) is 0.750. The zero-order chi connectivity index (χ0) is 16.5. The Kier molecular flexibility index (Phi) is 8.12. The van der Waals surface area contributed by atoms with Gasteiger partial charge in [-0.2, -0.15) is 0 Å². The summed E-state index contributed by atoms with van der Waals surface area (Å²) in [5, 5.41) is 0. The molecule has 0 aliphatic heterocycles. The Morgan fingerprint density at radius 1 is 1.00 bits per heavy atom. The molecule has 6 heteroatoms. The van der Waals surface area contributed by atoms with Gasteiger partial charge in [-0.1, -0.05) is 12.2 Å². The molecule has 2 atom stereocenters. The first-order valence-corrected chi connectivity index (χ1v) is 7.71. The van der Waals surface area contributed by atoms with E-state index < -0.39 is 11.8 Å². The minimum Gasteiger partial charge on any atom is -0.464 e. The number of allylic oxidation sites excluding steroid dienone is 1. The average Bonchev–Trinajstić information content (AvgIpc) is 2.46. The van der Waals surface area contributed by atoms with E-state index in [0.29, 0.717) is 32.7 Å². The molecule has 0 amide bonds. The normalized spacial score (nSPS) is 21.2. The lowest BCUT2D eigenvalue weighted by atomic mass is 9.84. The van der Waals surface area contributed by atoms with Crippen LogP contribution in [0.4, 0.5) is 0 Å². The number of likely N-dealkylation sites (N-methyl/N-ethyl adjacent to an activating group) is 2. The predicted molar refractivity (Wildman–Crippen MR) is 84.4 cm³/mol. The smallest absolute Gasteiger partial charge is 0.313 e. The first-order chi connectivity index (χ1) is 10.4. The van der Waals surface area contributed by atoms with Crippen molar-refractivity contribution < 1.29 is 19.1 Å². The summed E-state index contributed by atoms with van der Waals surface area (Å²) in [6, 6.07) is 0. The Balaban J connectivity index is 2.51. The maximum atomic E-state index is 12.2. The lowest BCUT2D eigenvalue weighted by Gasteiger charge is -2.25. The number of carbonyl (C=O) groups is 2. The third-order valence-corrected chi connectivity index (χ3v) is 3.56. The van der Waals surface area contributed by atoms with Crippen LogP contribution >= 0.6 is 0 Å². The van der Waals surface area contributed by atoms with Crippen molar-refractivity contribution in [2.45, 2.75) is 12.8 Å². The van der Waals surface area contributed by atoms with Crippen LogP contribution in [-0.4, -0.2) is 76.2 Å². The molecule has 0 aromatic rings. The van der Waals surface area contributed by atoms with E-state index in [9.17, 15) is 9.59 Å². The average molecular weight is 312 g/mol. The van der Waals surface area contributed by atoms with Crippen molar-refractivity contribution in [3.63, 3.8) is 0 Å². The highest BCUT2D eigenvalue weighted by Crippen LogP contribution is 2.27. The van der Waals surface area contributed by atoms with Crippen LogP contribution in [0.25, 0.3) is 0 Å². The van der Waals surface area contributed by atoms with Gasteiger partial charge in [0.15, 0.2) is 0 Å². The third-order valence-electron chi connectivity index (χ3n) is 3.56. The molecule has 0 aromatic heterocycles. The highest BCUT2D eigenvalue weighted by atomic mass is 16.5. The lowest BCUT2D eigenvalue weighted by molar-refractivity contribution is -0.159. The van der Waals surface area contributed by atoms with Crippen molar-refractivity contribution in [3.8, 4) is 0 Å². The van der Waals surface area contributed by atoms with Crippen LogP contribution in [0.3, 0.4) is 0 Å². The molecule has 0 N–H and O–H groups in total. The highest BCUT2D eigenvalue weighted by molar-refractivity contribution is 5.83. The minimum absolute atomic E-state index is 0.305. The molecule has 0 fully saturated rings. The van der Waals surface area contributed by atoms with Gasteiger partial charge in [-0.05, 0) is 41.0 Å². The number of carbonyl (C=O) groups excluding carboxylic acids is 2. The van der Waals surface area contributed by atoms with Crippen molar-refractivity contribution in [2.24, 2.45) is 11.8 Å².